The molecule has 0 heterocycles. The van der Waals surface area contributed by atoms with Crippen molar-refractivity contribution in [2.24, 2.45) is 11.8 Å². The van der Waals surface area contributed by atoms with Crippen LogP contribution in [0, 0.1) is 11.8 Å². The number of carbonyl (C=O) groups is 1. The van der Waals surface area contributed by atoms with Crippen LogP contribution in [-0.4, -0.2) is 24.3 Å². The van der Waals surface area contributed by atoms with Gasteiger partial charge in [0.15, 0.2) is 0 Å². The number of carboxylic acid groups (broad SMARTS) is 1. The summed E-state index contributed by atoms with van der Waals surface area (Å²) in [4.78, 5) is 10.3. The van der Waals surface area contributed by atoms with Gasteiger partial charge in [0.2, 0.25) is 0 Å². The molecule has 0 rings (SSSR count). The van der Waals surface area contributed by atoms with Crippen molar-refractivity contribution in [2.45, 2.75) is 65.7 Å². The molecule has 0 bridgehead atoms. The van der Waals surface area contributed by atoms with Crippen LogP contribution in [0.15, 0.2) is 0 Å². The Morgan fingerprint density at radius 1 is 1.11 bits per heavy atom. The van der Waals surface area contributed by atoms with Crippen molar-refractivity contribution in [3.05, 3.63) is 0 Å². The topological polar surface area (TPSA) is 46.5 Å². The smallest absolute Gasteiger partial charge is 0.305 e. The average Bonchev–Trinajstić information content (AvgIpc) is 2.32. The number of carboxylic acids is 1. The van der Waals surface area contributed by atoms with E-state index in [1.165, 1.54) is 38.5 Å². The highest BCUT2D eigenvalue weighted by molar-refractivity contribution is 5.66. The van der Waals surface area contributed by atoms with E-state index in [-0.39, 0.29) is 6.42 Å². The third-order valence-corrected chi connectivity index (χ3v) is 3.31. The molecule has 0 aromatic carbocycles. The van der Waals surface area contributed by atoms with Gasteiger partial charge in [-0.25, -0.2) is 0 Å². The first-order chi connectivity index (χ1) is 8.56. The second-order valence-electron chi connectivity index (χ2n) is 5.50. The van der Waals surface area contributed by atoms with E-state index in [0.29, 0.717) is 19.1 Å². The monoisotopic (exact) mass is 258 g/mol. The number of hydrogen-bond acceptors (Lipinski definition) is 2. The molecule has 2 atom stereocenters. The van der Waals surface area contributed by atoms with Gasteiger partial charge >= 0.3 is 5.97 Å². The van der Waals surface area contributed by atoms with E-state index >= 15 is 0 Å². The summed E-state index contributed by atoms with van der Waals surface area (Å²) in [6.45, 7) is 7.79. The summed E-state index contributed by atoms with van der Waals surface area (Å²) in [7, 11) is 0. The predicted octanol–water partition coefficient (Wildman–Crippen LogP) is 4.11. The fraction of sp³-hybridized carbons (Fsp3) is 0.933. The van der Waals surface area contributed by atoms with Crippen molar-refractivity contribution in [2.75, 3.05) is 13.2 Å². The highest BCUT2D eigenvalue weighted by Crippen LogP contribution is 2.17. The number of hydrogen-bond donors (Lipinski definition) is 1. The fourth-order valence-electron chi connectivity index (χ4n) is 2.04. The minimum atomic E-state index is -0.785. The van der Waals surface area contributed by atoms with Gasteiger partial charge in [-0.1, -0.05) is 52.9 Å². The number of ether oxygens (including phenoxy) is 1. The molecule has 0 aliphatic carbocycles. The molecular formula is C15H30O3. The molecule has 0 amide bonds. The molecule has 3 nitrogen and oxygen atoms in total. The highest BCUT2D eigenvalue weighted by atomic mass is 16.5. The molecule has 0 fully saturated rings. The predicted molar refractivity (Wildman–Crippen MR) is 74.8 cm³/mol. The molecule has 2 unspecified atom stereocenters. The summed E-state index contributed by atoms with van der Waals surface area (Å²) in [6, 6.07) is 0. The Kier molecular flexibility index (Phi) is 11.2. The van der Waals surface area contributed by atoms with E-state index in [0.717, 1.165) is 5.92 Å². The molecule has 1 N–H and O–H groups in total. The van der Waals surface area contributed by atoms with Gasteiger partial charge in [-0.2, -0.15) is 0 Å². The SMILES string of the molecule is CCCCC(C)CCCC(C)COCCC(=O)O. The highest BCUT2D eigenvalue weighted by Gasteiger charge is 2.06. The van der Waals surface area contributed by atoms with Gasteiger partial charge in [0, 0.05) is 6.61 Å². The number of unbranched alkanes of at least 4 members (excludes halogenated alkanes) is 1. The average molecular weight is 258 g/mol. The minimum absolute atomic E-state index is 0.112. The van der Waals surface area contributed by atoms with Gasteiger partial charge in [0.05, 0.1) is 13.0 Å². The first-order valence-electron chi connectivity index (χ1n) is 7.35. The van der Waals surface area contributed by atoms with Crippen LogP contribution in [-0.2, 0) is 9.53 Å². The fourth-order valence-corrected chi connectivity index (χ4v) is 2.04. The van der Waals surface area contributed by atoms with Crippen LogP contribution in [0.4, 0.5) is 0 Å². The molecule has 108 valence electrons. The lowest BCUT2D eigenvalue weighted by molar-refractivity contribution is -0.138. The summed E-state index contributed by atoms with van der Waals surface area (Å²) >= 11 is 0. The molecule has 0 aromatic rings. The van der Waals surface area contributed by atoms with E-state index < -0.39 is 5.97 Å². The maximum Gasteiger partial charge on any atom is 0.305 e. The van der Waals surface area contributed by atoms with Gasteiger partial charge in [-0.15, -0.1) is 0 Å². The van der Waals surface area contributed by atoms with Gasteiger partial charge in [-0.05, 0) is 18.3 Å². The van der Waals surface area contributed by atoms with E-state index in [1.807, 2.05) is 0 Å². The van der Waals surface area contributed by atoms with Crippen molar-refractivity contribution in [1.29, 1.82) is 0 Å². The maximum atomic E-state index is 10.3. The Bertz CT molecular complexity index is 204. The Balaban J connectivity index is 3.35. The Morgan fingerprint density at radius 2 is 1.72 bits per heavy atom. The third-order valence-electron chi connectivity index (χ3n) is 3.31. The number of aliphatic carboxylic acids is 1. The second-order valence-corrected chi connectivity index (χ2v) is 5.50. The Labute approximate surface area is 112 Å². The summed E-state index contributed by atoms with van der Waals surface area (Å²) in [6.07, 6.45) is 7.84. The summed E-state index contributed by atoms with van der Waals surface area (Å²) in [5, 5.41) is 8.47. The second kappa shape index (κ2) is 11.5. The van der Waals surface area contributed by atoms with E-state index in [9.17, 15) is 4.79 Å². The lowest BCUT2D eigenvalue weighted by atomic mass is 9.95. The first-order valence-corrected chi connectivity index (χ1v) is 7.35. The maximum absolute atomic E-state index is 10.3. The molecule has 0 saturated carbocycles. The van der Waals surface area contributed by atoms with Crippen LogP contribution in [0.5, 0.6) is 0 Å². The van der Waals surface area contributed by atoms with Crippen LogP contribution in [0.3, 0.4) is 0 Å². The van der Waals surface area contributed by atoms with Crippen LogP contribution < -0.4 is 0 Å². The molecule has 0 aliphatic rings. The largest absolute Gasteiger partial charge is 0.481 e. The van der Waals surface area contributed by atoms with E-state index in [4.69, 9.17) is 9.84 Å². The molecule has 0 radical (unpaired) electrons. The lowest BCUT2D eigenvalue weighted by Gasteiger charge is -2.14. The van der Waals surface area contributed by atoms with Gasteiger partial charge in [-0.3, -0.25) is 4.79 Å². The van der Waals surface area contributed by atoms with Crippen LogP contribution in [0.2, 0.25) is 0 Å². The van der Waals surface area contributed by atoms with Crippen molar-refractivity contribution < 1.29 is 14.6 Å². The molecule has 18 heavy (non-hydrogen) atoms. The normalized spacial score (nSPS) is 14.4. The molecule has 0 spiro atoms. The van der Waals surface area contributed by atoms with Gasteiger partial charge < -0.3 is 9.84 Å². The van der Waals surface area contributed by atoms with Crippen LogP contribution in [0.25, 0.3) is 0 Å². The molecule has 0 aliphatic heterocycles. The van der Waals surface area contributed by atoms with Crippen molar-refractivity contribution in [3.63, 3.8) is 0 Å². The first kappa shape index (κ1) is 17.4. The summed E-state index contributed by atoms with van der Waals surface area (Å²) in [5.74, 6) is 0.592. The standard InChI is InChI=1S/C15H30O3/c1-4-5-7-13(2)8-6-9-14(3)12-18-11-10-15(16)17/h13-14H,4-12H2,1-3H3,(H,16,17). The number of rotatable bonds is 12. The molecule has 3 heteroatoms. The molecular weight excluding hydrogens is 228 g/mol. The van der Waals surface area contributed by atoms with Gasteiger partial charge in [0.25, 0.3) is 0 Å². The Morgan fingerprint density at radius 3 is 2.33 bits per heavy atom. The van der Waals surface area contributed by atoms with E-state index in [2.05, 4.69) is 20.8 Å². The third kappa shape index (κ3) is 11.9. The zero-order valence-electron chi connectivity index (χ0n) is 12.3. The van der Waals surface area contributed by atoms with Crippen LogP contribution >= 0.6 is 0 Å². The zero-order valence-corrected chi connectivity index (χ0v) is 12.3. The quantitative estimate of drug-likeness (QED) is 0.536. The minimum Gasteiger partial charge on any atom is -0.481 e. The summed E-state index contributed by atoms with van der Waals surface area (Å²) < 4.78 is 5.35. The molecule has 0 saturated heterocycles. The van der Waals surface area contributed by atoms with Crippen molar-refractivity contribution in [1.82, 2.24) is 0 Å². The Hall–Kier alpha value is -0.570. The van der Waals surface area contributed by atoms with Crippen LogP contribution in [0.1, 0.15) is 65.7 Å². The van der Waals surface area contributed by atoms with Crippen molar-refractivity contribution >= 4 is 5.97 Å². The van der Waals surface area contributed by atoms with Gasteiger partial charge in [0.1, 0.15) is 0 Å². The van der Waals surface area contributed by atoms with E-state index in [1.54, 1.807) is 0 Å². The summed E-state index contributed by atoms with van der Waals surface area (Å²) in [5.41, 5.74) is 0. The molecule has 0 aromatic heterocycles. The van der Waals surface area contributed by atoms with Crippen molar-refractivity contribution in [3.8, 4) is 0 Å². The lowest BCUT2D eigenvalue weighted by Crippen LogP contribution is -2.10. The zero-order chi connectivity index (χ0) is 13.8.